The molecule has 0 unspecified atom stereocenters. The summed E-state index contributed by atoms with van der Waals surface area (Å²) in [5.74, 6) is -0.787. The molecular weight excluding hydrogens is 180 g/mol. The number of carbonyl (C=O) groups excluding carboxylic acids is 1. The van der Waals surface area contributed by atoms with Gasteiger partial charge in [0.15, 0.2) is 5.79 Å². The molecule has 0 aromatic heterocycles. The van der Waals surface area contributed by atoms with E-state index in [-0.39, 0.29) is 5.41 Å². The second-order valence-electron chi connectivity index (χ2n) is 4.36. The molecule has 3 nitrogen and oxygen atoms in total. The largest absolute Gasteiger partial charge is 0.352 e. The number of hydrogen-bond donors (Lipinski definition) is 0. The highest BCUT2D eigenvalue weighted by atomic mass is 16.7. The number of methoxy groups -OCH3 is 2. The van der Waals surface area contributed by atoms with E-state index in [1.165, 1.54) is 0 Å². The van der Waals surface area contributed by atoms with Crippen LogP contribution in [0.5, 0.6) is 0 Å². The van der Waals surface area contributed by atoms with Crippen LogP contribution < -0.4 is 0 Å². The van der Waals surface area contributed by atoms with Gasteiger partial charge in [0, 0.05) is 26.1 Å². The molecule has 0 aromatic rings. The van der Waals surface area contributed by atoms with E-state index in [1.807, 2.05) is 20.8 Å². The van der Waals surface area contributed by atoms with Crippen LogP contribution in [0.1, 0.15) is 27.2 Å². The molecule has 0 aliphatic heterocycles. The summed E-state index contributed by atoms with van der Waals surface area (Å²) < 4.78 is 10.8. The predicted molar refractivity (Wildman–Crippen MR) is 56.0 cm³/mol. The molecule has 0 aromatic carbocycles. The molecule has 0 fully saturated rings. The van der Waals surface area contributed by atoms with Gasteiger partial charge in [-0.05, 0) is 5.57 Å². The first-order valence-corrected chi connectivity index (χ1v) is 4.56. The molecule has 0 N–H and O–H groups in total. The van der Waals surface area contributed by atoms with Crippen molar-refractivity contribution < 1.29 is 14.3 Å². The molecule has 0 heterocycles. The topological polar surface area (TPSA) is 35.5 Å². The van der Waals surface area contributed by atoms with Crippen LogP contribution in [0.2, 0.25) is 0 Å². The maximum absolute atomic E-state index is 10.5. The minimum Gasteiger partial charge on any atom is -0.352 e. The van der Waals surface area contributed by atoms with Crippen molar-refractivity contribution >= 4 is 6.29 Å². The molecule has 0 saturated heterocycles. The molecule has 0 radical (unpaired) electrons. The Morgan fingerprint density at radius 2 is 1.71 bits per heavy atom. The van der Waals surface area contributed by atoms with Crippen molar-refractivity contribution in [1.29, 1.82) is 0 Å². The molecule has 14 heavy (non-hydrogen) atoms. The first-order chi connectivity index (χ1) is 6.33. The predicted octanol–water partition coefficient (Wildman–Crippen LogP) is 2.17. The summed E-state index contributed by atoms with van der Waals surface area (Å²) >= 11 is 0. The number of rotatable bonds is 5. The van der Waals surface area contributed by atoms with Gasteiger partial charge >= 0.3 is 0 Å². The summed E-state index contributed by atoms with van der Waals surface area (Å²) in [6, 6.07) is 0. The molecular formula is C11H20O3. The molecule has 0 bridgehead atoms. The lowest BCUT2D eigenvalue weighted by Gasteiger charge is -2.42. The molecule has 0 aliphatic carbocycles. The van der Waals surface area contributed by atoms with E-state index >= 15 is 0 Å². The summed E-state index contributed by atoms with van der Waals surface area (Å²) in [7, 11) is 3.15. The summed E-state index contributed by atoms with van der Waals surface area (Å²) in [6.45, 7) is 9.63. The molecule has 0 spiro atoms. The van der Waals surface area contributed by atoms with Gasteiger partial charge in [-0.25, -0.2) is 0 Å². The van der Waals surface area contributed by atoms with Crippen LogP contribution in [0.15, 0.2) is 12.2 Å². The van der Waals surface area contributed by atoms with E-state index in [1.54, 1.807) is 14.2 Å². The van der Waals surface area contributed by atoms with Gasteiger partial charge in [0.2, 0.25) is 0 Å². The van der Waals surface area contributed by atoms with Crippen molar-refractivity contribution in [3.05, 3.63) is 12.2 Å². The van der Waals surface area contributed by atoms with Gasteiger partial charge in [-0.3, -0.25) is 4.79 Å². The Balaban J connectivity index is 4.89. The van der Waals surface area contributed by atoms with Crippen molar-refractivity contribution in [2.24, 2.45) is 5.41 Å². The normalized spacial score (nSPS) is 12.6. The van der Waals surface area contributed by atoms with E-state index in [0.29, 0.717) is 12.0 Å². The number of hydrogen-bond acceptors (Lipinski definition) is 3. The quantitative estimate of drug-likeness (QED) is 0.387. The Morgan fingerprint density at radius 3 is 1.93 bits per heavy atom. The minimum atomic E-state index is -0.787. The third-order valence-electron chi connectivity index (χ3n) is 2.43. The molecule has 0 saturated carbocycles. The van der Waals surface area contributed by atoms with Gasteiger partial charge < -0.3 is 9.47 Å². The smallest absolute Gasteiger partial charge is 0.176 e. The van der Waals surface area contributed by atoms with Gasteiger partial charge in [0.25, 0.3) is 0 Å². The first-order valence-electron chi connectivity index (χ1n) is 4.56. The van der Waals surface area contributed by atoms with Gasteiger partial charge in [-0.2, -0.15) is 0 Å². The van der Waals surface area contributed by atoms with Crippen LogP contribution in [0.3, 0.4) is 0 Å². The van der Waals surface area contributed by atoms with E-state index < -0.39 is 5.79 Å². The summed E-state index contributed by atoms with van der Waals surface area (Å²) in [5, 5.41) is 0. The van der Waals surface area contributed by atoms with Crippen LogP contribution in [0, 0.1) is 5.41 Å². The fourth-order valence-electron chi connectivity index (χ4n) is 1.45. The third kappa shape index (κ3) is 2.66. The van der Waals surface area contributed by atoms with Crippen molar-refractivity contribution in [2.75, 3.05) is 14.2 Å². The molecule has 3 heteroatoms. The Bertz CT molecular complexity index is 209. The highest BCUT2D eigenvalue weighted by Crippen LogP contribution is 2.38. The summed E-state index contributed by atoms with van der Waals surface area (Å²) in [5.41, 5.74) is 0.256. The average Bonchev–Trinajstić information content (AvgIpc) is 2.11. The van der Waals surface area contributed by atoms with Crippen LogP contribution in [-0.2, 0) is 14.3 Å². The van der Waals surface area contributed by atoms with E-state index in [4.69, 9.17) is 9.47 Å². The Hall–Kier alpha value is -0.670. The lowest BCUT2D eigenvalue weighted by Crippen LogP contribution is -2.46. The third-order valence-corrected chi connectivity index (χ3v) is 2.43. The van der Waals surface area contributed by atoms with E-state index in [2.05, 4.69) is 6.58 Å². The Kier molecular flexibility index (Phi) is 4.49. The van der Waals surface area contributed by atoms with Gasteiger partial charge in [-0.15, -0.1) is 0 Å². The van der Waals surface area contributed by atoms with Gasteiger partial charge in [-0.1, -0.05) is 27.4 Å². The zero-order chi connectivity index (χ0) is 11.4. The average molecular weight is 200 g/mol. The number of aldehydes is 1. The van der Waals surface area contributed by atoms with Crippen molar-refractivity contribution in [3.63, 3.8) is 0 Å². The second-order valence-corrected chi connectivity index (χ2v) is 4.36. The van der Waals surface area contributed by atoms with Crippen LogP contribution >= 0.6 is 0 Å². The van der Waals surface area contributed by atoms with Crippen LogP contribution in [0.4, 0.5) is 0 Å². The second kappa shape index (κ2) is 4.71. The SMILES string of the molecule is C=C(C=O)CC(OC)(OC)C(C)(C)C. The van der Waals surface area contributed by atoms with Crippen molar-refractivity contribution in [3.8, 4) is 0 Å². The van der Waals surface area contributed by atoms with Crippen molar-refractivity contribution in [2.45, 2.75) is 33.0 Å². The monoisotopic (exact) mass is 200 g/mol. The van der Waals surface area contributed by atoms with Crippen LogP contribution in [0.25, 0.3) is 0 Å². The maximum atomic E-state index is 10.5. The number of carbonyl (C=O) groups is 1. The lowest BCUT2D eigenvalue weighted by molar-refractivity contribution is -0.262. The first kappa shape index (κ1) is 13.3. The molecule has 0 aliphatic rings. The molecule has 0 rings (SSSR count). The van der Waals surface area contributed by atoms with Gasteiger partial charge in [0.05, 0.1) is 0 Å². The Morgan fingerprint density at radius 1 is 1.29 bits per heavy atom. The fraction of sp³-hybridized carbons (Fsp3) is 0.727. The Labute approximate surface area is 86.1 Å². The molecule has 0 atom stereocenters. The van der Waals surface area contributed by atoms with Crippen LogP contribution in [-0.4, -0.2) is 26.3 Å². The highest BCUT2D eigenvalue weighted by Gasteiger charge is 2.42. The summed E-state index contributed by atoms with van der Waals surface area (Å²) in [6.07, 6.45) is 1.12. The zero-order valence-corrected chi connectivity index (χ0v) is 9.72. The maximum Gasteiger partial charge on any atom is 0.176 e. The molecule has 82 valence electrons. The van der Waals surface area contributed by atoms with Gasteiger partial charge in [0.1, 0.15) is 6.29 Å². The highest BCUT2D eigenvalue weighted by molar-refractivity contribution is 5.72. The van der Waals surface area contributed by atoms with E-state index in [0.717, 1.165) is 6.29 Å². The fourth-order valence-corrected chi connectivity index (χ4v) is 1.45. The zero-order valence-electron chi connectivity index (χ0n) is 9.72. The van der Waals surface area contributed by atoms with Crippen molar-refractivity contribution in [1.82, 2.24) is 0 Å². The minimum absolute atomic E-state index is 0.220. The molecule has 0 amide bonds. The standard InChI is InChI=1S/C11H20O3/c1-9(8-12)7-11(13-5,14-6)10(2,3)4/h8H,1,7H2,2-6H3. The van der Waals surface area contributed by atoms with E-state index in [9.17, 15) is 4.79 Å². The lowest BCUT2D eigenvalue weighted by atomic mass is 9.81. The number of ether oxygens (including phenoxy) is 2. The summed E-state index contributed by atoms with van der Waals surface area (Å²) in [4.78, 5) is 10.5.